The van der Waals surface area contributed by atoms with Crippen molar-refractivity contribution in [2.24, 2.45) is 0 Å². The second kappa shape index (κ2) is 10.2. The largest absolute Gasteiger partial charge is 0.457 e. The molecule has 6 nitrogen and oxygen atoms in total. The Balaban J connectivity index is 1.22. The lowest BCUT2D eigenvalue weighted by Crippen LogP contribution is -2.60. The van der Waals surface area contributed by atoms with Crippen molar-refractivity contribution < 1.29 is 4.74 Å². The molecule has 222 valence electrons. The molecule has 4 aromatic carbocycles. The molecule has 8 rings (SSSR count). The maximum Gasteiger partial charge on any atom is 0.326 e. The van der Waals surface area contributed by atoms with Crippen LogP contribution in [0.1, 0.15) is 26.3 Å². The summed E-state index contributed by atoms with van der Waals surface area (Å²) >= 11 is 0. The lowest BCUT2D eigenvalue weighted by Gasteiger charge is -2.41. The molecule has 0 unspecified atom stereocenters. The van der Waals surface area contributed by atoms with E-state index in [9.17, 15) is 0 Å². The van der Waals surface area contributed by atoms with Gasteiger partial charge in [0.15, 0.2) is 0 Å². The quantitative estimate of drug-likeness (QED) is 0.211. The van der Waals surface area contributed by atoms with Gasteiger partial charge in [0.05, 0.1) is 17.7 Å². The van der Waals surface area contributed by atoms with Crippen molar-refractivity contribution in [3.05, 3.63) is 127 Å². The molecule has 7 heteroatoms. The first-order chi connectivity index (χ1) is 21.8. The number of benzene rings is 4. The van der Waals surface area contributed by atoms with Crippen molar-refractivity contribution in [2.45, 2.75) is 26.2 Å². The SMILES string of the molecule is CN1C=C2N(C)B(c3ccccc3)c3ccc(Oc4ccc5c6ccccc6n(-c6cc(C(C)(C)C)ccn6)c5c4)cc3N2C1. The van der Waals surface area contributed by atoms with E-state index in [4.69, 9.17) is 9.72 Å². The Hall–Kier alpha value is -5.17. The number of hydrogen-bond donors (Lipinski definition) is 0. The summed E-state index contributed by atoms with van der Waals surface area (Å²) in [5.74, 6) is 3.70. The summed E-state index contributed by atoms with van der Waals surface area (Å²) < 4.78 is 8.91. The first kappa shape index (κ1) is 27.4. The van der Waals surface area contributed by atoms with E-state index >= 15 is 0 Å². The molecule has 0 bridgehead atoms. The summed E-state index contributed by atoms with van der Waals surface area (Å²) in [5.41, 5.74) is 7.18. The molecular formula is C38H36BN5O. The van der Waals surface area contributed by atoms with E-state index in [1.807, 2.05) is 6.20 Å². The van der Waals surface area contributed by atoms with Crippen molar-refractivity contribution in [1.82, 2.24) is 19.3 Å². The van der Waals surface area contributed by atoms with Crippen LogP contribution in [0.4, 0.5) is 5.69 Å². The summed E-state index contributed by atoms with van der Waals surface area (Å²) in [6, 6.07) is 36.5. The molecule has 2 aromatic heterocycles. The molecule has 2 aliphatic rings. The van der Waals surface area contributed by atoms with Crippen LogP contribution in [0.25, 0.3) is 27.6 Å². The molecule has 0 amide bonds. The van der Waals surface area contributed by atoms with E-state index in [0.29, 0.717) is 0 Å². The van der Waals surface area contributed by atoms with E-state index < -0.39 is 0 Å². The van der Waals surface area contributed by atoms with Crippen LogP contribution in [0, 0.1) is 0 Å². The molecule has 0 radical (unpaired) electrons. The normalized spacial score (nSPS) is 14.6. The first-order valence-electron chi connectivity index (χ1n) is 15.6. The second-order valence-electron chi connectivity index (χ2n) is 13.2. The predicted molar refractivity (Wildman–Crippen MR) is 186 cm³/mol. The van der Waals surface area contributed by atoms with E-state index in [2.05, 4.69) is 163 Å². The Labute approximate surface area is 264 Å². The minimum absolute atomic E-state index is 0.0185. The molecule has 0 atom stereocenters. The Morgan fingerprint density at radius 1 is 0.756 bits per heavy atom. The lowest BCUT2D eigenvalue weighted by molar-refractivity contribution is 0.480. The van der Waals surface area contributed by atoms with E-state index in [-0.39, 0.29) is 12.3 Å². The molecule has 0 spiro atoms. The van der Waals surface area contributed by atoms with Gasteiger partial charge in [0.1, 0.15) is 23.1 Å². The fourth-order valence-electron chi connectivity index (χ4n) is 6.92. The minimum atomic E-state index is 0.0185. The van der Waals surface area contributed by atoms with Gasteiger partial charge in [-0.2, -0.15) is 0 Å². The van der Waals surface area contributed by atoms with Crippen LogP contribution in [0.3, 0.4) is 0 Å². The zero-order chi connectivity index (χ0) is 30.9. The Kier molecular flexibility index (Phi) is 6.21. The highest BCUT2D eigenvalue weighted by Gasteiger charge is 2.40. The summed E-state index contributed by atoms with van der Waals surface area (Å²) in [4.78, 5) is 11.8. The number of rotatable bonds is 4. The van der Waals surface area contributed by atoms with Crippen molar-refractivity contribution in [1.29, 1.82) is 0 Å². The van der Waals surface area contributed by atoms with Gasteiger partial charge in [-0.3, -0.25) is 4.57 Å². The highest BCUT2D eigenvalue weighted by molar-refractivity contribution is 6.84. The Bertz CT molecular complexity index is 2110. The molecule has 0 N–H and O–H groups in total. The Morgan fingerprint density at radius 2 is 1.49 bits per heavy atom. The van der Waals surface area contributed by atoms with Crippen LogP contribution in [0.5, 0.6) is 11.5 Å². The van der Waals surface area contributed by atoms with Gasteiger partial charge >= 0.3 is 6.85 Å². The van der Waals surface area contributed by atoms with E-state index in [0.717, 1.165) is 35.0 Å². The van der Waals surface area contributed by atoms with Crippen LogP contribution in [0.2, 0.25) is 0 Å². The zero-order valence-electron chi connectivity index (χ0n) is 26.4. The van der Waals surface area contributed by atoms with Crippen molar-refractivity contribution >= 4 is 45.3 Å². The molecule has 0 aliphatic carbocycles. The molecule has 0 saturated heterocycles. The van der Waals surface area contributed by atoms with Gasteiger partial charge < -0.3 is 19.3 Å². The van der Waals surface area contributed by atoms with E-state index in [1.165, 1.54) is 38.8 Å². The van der Waals surface area contributed by atoms with Gasteiger partial charge in [0.25, 0.3) is 0 Å². The predicted octanol–water partition coefficient (Wildman–Crippen LogP) is 6.83. The molecule has 0 fully saturated rings. The summed E-state index contributed by atoms with van der Waals surface area (Å²) in [5, 5.41) is 2.37. The van der Waals surface area contributed by atoms with Crippen molar-refractivity contribution in [3.63, 3.8) is 0 Å². The maximum atomic E-state index is 6.65. The summed E-state index contributed by atoms with van der Waals surface area (Å²) in [7, 11) is 4.31. The monoisotopic (exact) mass is 589 g/mol. The number of para-hydroxylation sites is 1. The summed E-state index contributed by atoms with van der Waals surface area (Å²) in [6.07, 6.45) is 4.14. The third kappa shape index (κ3) is 4.53. The standard InChI is InChI=1S/C38H36BN5O/c1-38(2,3)26-19-20-40-36(21-26)44-33-14-10-9-13-30(33)31-17-15-28(22-34(31)44)45-29-16-18-32-35(23-29)43-25-41(4)24-37(43)42(5)39(32)27-11-7-6-8-12-27/h6-24H,25H2,1-5H3. The van der Waals surface area contributed by atoms with Crippen LogP contribution in [-0.2, 0) is 5.41 Å². The number of aromatic nitrogens is 2. The maximum absolute atomic E-state index is 6.65. The molecule has 0 saturated carbocycles. The number of nitrogens with zero attached hydrogens (tertiary/aromatic N) is 5. The number of hydrogen-bond acceptors (Lipinski definition) is 5. The van der Waals surface area contributed by atoms with Gasteiger partial charge in [0.2, 0.25) is 0 Å². The minimum Gasteiger partial charge on any atom is -0.457 e. The van der Waals surface area contributed by atoms with Crippen molar-refractivity contribution in [3.8, 4) is 17.3 Å². The fraction of sp³-hybridized carbons (Fsp3) is 0.184. The molecule has 4 heterocycles. The smallest absolute Gasteiger partial charge is 0.326 e. The van der Waals surface area contributed by atoms with Gasteiger partial charge in [-0.25, -0.2) is 4.98 Å². The molecule has 2 aliphatic heterocycles. The molecule has 45 heavy (non-hydrogen) atoms. The van der Waals surface area contributed by atoms with Gasteiger partial charge in [-0.05, 0) is 59.9 Å². The highest BCUT2D eigenvalue weighted by Crippen LogP contribution is 2.37. The average Bonchev–Trinajstić information content (AvgIpc) is 3.59. The number of ether oxygens (including phenoxy) is 1. The van der Waals surface area contributed by atoms with Crippen LogP contribution >= 0.6 is 0 Å². The third-order valence-electron chi connectivity index (χ3n) is 9.15. The second-order valence-corrected chi connectivity index (χ2v) is 13.2. The zero-order valence-corrected chi connectivity index (χ0v) is 26.4. The van der Waals surface area contributed by atoms with Gasteiger partial charge in [-0.1, -0.05) is 80.8 Å². The van der Waals surface area contributed by atoms with Crippen LogP contribution in [-0.4, -0.2) is 46.9 Å². The van der Waals surface area contributed by atoms with Crippen molar-refractivity contribution in [2.75, 3.05) is 25.7 Å². The number of anilines is 1. The van der Waals surface area contributed by atoms with Crippen LogP contribution in [0.15, 0.2) is 121 Å². The Morgan fingerprint density at radius 3 is 2.31 bits per heavy atom. The highest BCUT2D eigenvalue weighted by atomic mass is 16.5. The topological polar surface area (TPSA) is 36.8 Å². The fourth-order valence-corrected chi connectivity index (χ4v) is 6.92. The van der Waals surface area contributed by atoms with Gasteiger partial charge in [-0.15, -0.1) is 0 Å². The number of pyridine rings is 1. The lowest BCUT2D eigenvalue weighted by atomic mass is 9.48. The summed E-state index contributed by atoms with van der Waals surface area (Å²) in [6.45, 7) is 7.63. The number of fused-ring (bicyclic) bond motifs is 6. The van der Waals surface area contributed by atoms with Crippen LogP contribution < -0.4 is 20.6 Å². The van der Waals surface area contributed by atoms with Gasteiger partial charge in [0, 0.05) is 48.0 Å². The average molecular weight is 590 g/mol. The molecular weight excluding hydrogens is 553 g/mol. The first-order valence-corrected chi connectivity index (χ1v) is 15.6. The third-order valence-corrected chi connectivity index (χ3v) is 9.15. The van der Waals surface area contributed by atoms with E-state index in [1.54, 1.807) is 0 Å². The molecule has 6 aromatic rings.